The molecule has 0 radical (unpaired) electrons. The van der Waals surface area contributed by atoms with E-state index in [1.54, 1.807) is 14.1 Å². The van der Waals surface area contributed by atoms with Gasteiger partial charge in [0.1, 0.15) is 5.82 Å². The van der Waals surface area contributed by atoms with E-state index in [9.17, 15) is 14.0 Å². The van der Waals surface area contributed by atoms with Gasteiger partial charge in [0.15, 0.2) is 0 Å². The van der Waals surface area contributed by atoms with Crippen LogP contribution in [0.2, 0.25) is 0 Å². The molecule has 0 bridgehead atoms. The molecule has 1 aromatic carbocycles. The number of hydrogen-bond donors (Lipinski definition) is 2. The highest BCUT2D eigenvalue weighted by Crippen LogP contribution is 2.23. The highest BCUT2D eigenvalue weighted by Gasteiger charge is 2.22. The largest absolute Gasteiger partial charge is 0.345 e. The minimum atomic E-state index is -0.589. The van der Waals surface area contributed by atoms with Gasteiger partial charge in [0.25, 0.3) is 5.91 Å². The van der Waals surface area contributed by atoms with E-state index in [4.69, 9.17) is 0 Å². The van der Waals surface area contributed by atoms with Crippen LogP contribution in [0.5, 0.6) is 0 Å². The molecule has 2 unspecified atom stereocenters. The Bertz CT molecular complexity index is 604. The van der Waals surface area contributed by atoms with Gasteiger partial charge in [0, 0.05) is 26.2 Å². The molecule has 2 amide bonds. The van der Waals surface area contributed by atoms with Gasteiger partial charge in [-0.1, -0.05) is 6.92 Å². The van der Waals surface area contributed by atoms with Gasteiger partial charge in [-0.2, -0.15) is 0 Å². The van der Waals surface area contributed by atoms with Crippen LogP contribution in [-0.4, -0.2) is 43.9 Å². The second kappa shape index (κ2) is 9.73. The highest BCUT2D eigenvalue weighted by atomic mass is 35.5. The SMILES string of the molecule is CC(CC(=O)Nc1ccc(F)c(C(=O)N(C)C)c1)C1CCCNC1.Cl. The van der Waals surface area contributed by atoms with Gasteiger partial charge < -0.3 is 15.5 Å². The first-order valence-electron chi connectivity index (χ1n) is 8.40. The van der Waals surface area contributed by atoms with Gasteiger partial charge in [-0.25, -0.2) is 4.39 Å². The number of rotatable bonds is 5. The summed E-state index contributed by atoms with van der Waals surface area (Å²) in [5.74, 6) is -0.341. The summed E-state index contributed by atoms with van der Waals surface area (Å²) in [7, 11) is 3.12. The fourth-order valence-corrected chi connectivity index (χ4v) is 3.04. The molecule has 2 atom stereocenters. The normalized spacial score (nSPS) is 18.0. The fourth-order valence-electron chi connectivity index (χ4n) is 3.04. The second-order valence-corrected chi connectivity index (χ2v) is 6.73. The molecule has 0 spiro atoms. The van der Waals surface area contributed by atoms with Gasteiger partial charge in [-0.05, 0) is 56.0 Å². The Kier molecular flexibility index (Phi) is 8.32. The number of carbonyl (C=O) groups excluding carboxylic acids is 2. The molecule has 0 saturated carbocycles. The zero-order valence-electron chi connectivity index (χ0n) is 15.0. The van der Waals surface area contributed by atoms with E-state index in [0.29, 0.717) is 18.0 Å². The van der Waals surface area contributed by atoms with Crippen LogP contribution < -0.4 is 10.6 Å². The fraction of sp³-hybridized carbons (Fsp3) is 0.556. The Hall–Kier alpha value is -1.66. The van der Waals surface area contributed by atoms with Crippen molar-refractivity contribution in [2.24, 2.45) is 11.8 Å². The number of halogens is 2. The topological polar surface area (TPSA) is 61.4 Å². The van der Waals surface area contributed by atoms with Crippen LogP contribution >= 0.6 is 12.4 Å². The first-order chi connectivity index (χ1) is 11.4. The molecule has 0 aromatic heterocycles. The van der Waals surface area contributed by atoms with Crippen LogP contribution in [0.15, 0.2) is 18.2 Å². The molecule has 1 aromatic rings. The maximum absolute atomic E-state index is 13.8. The molecule has 140 valence electrons. The van der Waals surface area contributed by atoms with E-state index >= 15 is 0 Å². The van der Waals surface area contributed by atoms with Crippen LogP contribution in [0.4, 0.5) is 10.1 Å². The molecule has 1 aliphatic rings. The first-order valence-corrected chi connectivity index (χ1v) is 8.40. The van der Waals surface area contributed by atoms with E-state index in [0.717, 1.165) is 25.9 Å². The standard InChI is InChI=1S/C18H26FN3O2.ClH/c1-12(13-5-4-8-20-11-13)9-17(23)21-14-6-7-16(19)15(10-14)18(24)22(2)3;/h6-7,10,12-13,20H,4-5,8-9,11H2,1-3H3,(H,21,23);1H. The summed E-state index contributed by atoms with van der Waals surface area (Å²) in [6, 6.07) is 4.08. The summed E-state index contributed by atoms with van der Waals surface area (Å²) >= 11 is 0. The maximum atomic E-state index is 13.8. The zero-order valence-corrected chi connectivity index (χ0v) is 15.8. The van der Waals surface area contributed by atoms with Crippen LogP contribution in [0.25, 0.3) is 0 Å². The molecular formula is C18H27ClFN3O2. The van der Waals surface area contributed by atoms with Crippen molar-refractivity contribution in [1.29, 1.82) is 0 Å². The van der Waals surface area contributed by atoms with E-state index < -0.39 is 11.7 Å². The van der Waals surface area contributed by atoms with Crippen molar-refractivity contribution < 1.29 is 14.0 Å². The molecule has 5 nitrogen and oxygen atoms in total. The lowest BCUT2D eigenvalue weighted by atomic mass is 9.85. The average molecular weight is 372 g/mol. The van der Waals surface area contributed by atoms with Gasteiger partial charge in [-0.15, -0.1) is 12.4 Å². The third kappa shape index (κ3) is 5.97. The summed E-state index contributed by atoms with van der Waals surface area (Å²) < 4.78 is 13.8. The number of amides is 2. The van der Waals surface area contributed by atoms with E-state index in [1.807, 2.05) is 0 Å². The van der Waals surface area contributed by atoms with Crippen molar-refractivity contribution in [3.63, 3.8) is 0 Å². The predicted octanol–water partition coefficient (Wildman–Crippen LogP) is 2.91. The number of benzene rings is 1. The monoisotopic (exact) mass is 371 g/mol. The van der Waals surface area contributed by atoms with E-state index in [2.05, 4.69) is 17.6 Å². The molecule has 1 fully saturated rings. The summed E-state index contributed by atoms with van der Waals surface area (Å²) in [6.07, 6.45) is 2.70. The highest BCUT2D eigenvalue weighted by molar-refractivity contribution is 5.97. The number of nitrogens with zero attached hydrogens (tertiary/aromatic N) is 1. The summed E-state index contributed by atoms with van der Waals surface area (Å²) in [5, 5.41) is 6.14. The van der Waals surface area contributed by atoms with Gasteiger partial charge in [0.05, 0.1) is 5.56 Å². The summed E-state index contributed by atoms with van der Waals surface area (Å²) in [5.41, 5.74) is 0.405. The number of carbonyl (C=O) groups is 2. The number of anilines is 1. The smallest absolute Gasteiger partial charge is 0.256 e. The summed E-state index contributed by atoms with van der Waals surface area (Å²) in [4.78, 5) is 25.5. The van der Waals surface area contributed by atoms with Crippen molar-refractivity contribution in [1.82, 2.24) is 10.2 Å². The second-order valence-electron chi connectivity index (χ2n) is 6.73. The number of piperidine rings is 1. The van der Waals surface area contributed by atoms with E-state index in [-0.39, 0.29) is 29.8 Å². The molecule has 1 heterocycles. The molecule has 1 aliphatic heterocycles. The Morgan fingerprint density at radius 2 is 2.12 bits per heavy atom. The van der Waals surface area contributed by atoms with Crippen molar-refractivity contribution in [2.75, 3.05) is 32.5 Å². The number of nitrogens with one attached hydrogen (secondary N) is 2. The van der Waals surface area contributed by atoms with Crippen molar-refractivity contribution in [3.05, 3.63) is 29.6 Å². The average Bonchev–Trinajstić information content (AvgIpc) is 2.56. The lowest BCUT2D eigenvalue weighted by Gasteiger charge is -2.28. The van der Waals surface area contributed by atoms with Crippen molar-refractivity contribution >= 4 is 29.9 Å². The van der Waals surface area contributed by atoms with Crippen LogP contribution in [0.1, 0.15) is 36.5 Å². The molecule has 2 N–H and O–H groups in total. The summed E-state index contributed by atoms with van der Waals surface area (Å²) in [6.45, 7) is 4.09. The molecular weight excluding hydrogens is 345 g/mol. The van der Waals surface area contributed by atoms with Crippen molar-refractivity contribution in [3.8, 4) is 0 Å². The molecule has 25 heavy (non-hydrogen) atoms. The third-order valence-electron chi connectivity index (χ3n) is 4.53. The molecule has 2 rings (SSSR count). The Labute approximate surface area is 154 Å². The lowest BCUT2D eigenvalue weighted by molar-refractivity contribution is -0.117. The van der Waals surface area contributed by atoms with Crippen LogP contribution in [0.3, 0.4) is 0 Å². The predicted molar refractivity (Wildman–Crippen MR) is 99.7 cm³/mol. The Balaban J connectivity index is 0.00000312. The number of hydrogen-bond acceptors (Lipinski definition) is 3. The molecule has 1 saturated heterocycles. The molecule has 7 heteroatoms. The van der Waals surface area contributed by atoms with Crippen LogP contribution in [0, 0.1) is 17.7 Å². The first kappa shape index (κ1) is 21.4. The zero-order chi connectivity index (χ0) is 17.7. The quantitative estimate of drug-likeness (QED) is 0.836. The molecule has 0 aliphatic carbocycles. The van der Waals surface area contributed by atoms with E-state index in [1.165, 1.54) is 23.1 Å². The minimum absolute atomic E-state index is 0. The van der Waals surface area contributed by atoms with Crippen LogP contribution in [-0.2, 0) is 4.79 Å². The van der Waals surface area contributed by atoms with Gasteiger partial charge in [0.2, 0.25) is 5.91 Å². The Morgan fingerprint density at radius 3 is 2.72 bits per heavy atom. The lowest BCUT2D eigenvalue weighted by Crippen LogP contribution is -2.34. The Morgan fingerprint density at radius 1 is 1.40 bits per heavy atom. The van der Waals surface area contributed by atoms with Gasteiger partial charge >= 0.3 is 0 Å². The third-order valence-corrected chi connectivity index (χ3v) is 4.53. The maximum Gasteiger partial charge on any atom is 0.256 e. The minimum Gasteiger partial charge on any atom is -0.345 e. The van der Waals surface area contributed by atoms with Crippen molar-refractivity contribution in [2.45, 2.75) is 26.2 Å². The van der Waals surface area contributed by atoms with Gasteiger partial charge in [-0.3, -0.25) is 9.59 Å².